The van der Waals surface area contributed by atoms with Gasteiger partial charge in [-0.25, -0.2) is 0 Å². The van der Waals surface area contributed by atoms with E-state index in [1.807, 2.05) is 18.7 Å². The maximum Gasteiger partial charge on any atom is 0.225 e. The molecule has 4 nitrogen and oxygen atoms in total. The summed E-state index contributed by atoms with van der Waals surface area (Å²) in [5, 5.41) is 2.86. The zero-order chi connectivity index (χ0) is 12.1. The van der Waals surface area contributed by atoms with Crippen molar-refractivity contribution in [2.75, 3.05) is 13.1 Å². The van der Waals surface area contributed by atoms with Crippen molar-refractivity contribution in [1.29, 1.82) is 0 Å². The van der Waals surface area contributed by atoms with Crippen LogP contribution in [0.5, 0.6) is 0 Å². The van der Waals surface area contributed by atoms with E-state index in [4.69, 9.17) is 0 Å². The molecular formula is C12H22N2O2. The van der Waals surface area contributed by atoms with Crippen LogP contribution in [0.2, 0.25) is 0 Å². The molecule has 0 bridgehead atoms. The van der Waals surface area contributed by atoms with Gasteiger partial charge in [0.05, 0.1) is 5.92 Å². The molecule has 0 spiro atoms. The van der Waals surface area contributed by atoms with E-state index < -0.39 is 0 Å². The maximum atomic E-state index is 11.7. The van der Waals surface area contributed by atoms with Crippen LogP contribution in [0, 0.1) is 5.92 Å². The lowest BCUT2D eigenvalue weighted by atomic mass is 10.1. The summed E-state index contributed by atoms with van der Waals surface area (Å²) in [4.78, 5) is 25.2. The van der Waals surface area contributed by atoms with Gasteiger partial charge >= 0.3 is 0 Å². The fourth-order valence-corrected chi connectivity index (χ4v) is 1.92. The van der Waals surface area contributed by atoms with Gasteiger partial charge in [-0.2, -0.15) is 0 Å². The molecule has 1 unspecified atom stereocenters. The van der Waals surface area contributed by atoms with Gasteiger partial charge in [0.1, 0.15) is 0 Å². The Kier molecular flexibility index (Phi) is 4.77. The van der Waals surface area contributed by atoms with Crippen LogP contribution in [0.15, 0.2) is 0 Å². The number of carbonyl (C=O) groups is 2. The Morgan fingerprint density at radius 1 is 1.56 bits per heavy atom. The summed E-state index contributed by atoms with van der Waals surface area (Å²) in [7, 11) is 0. The monoisotopic (exact) mass is 226 g/mol. The van der Waals surface area contributed by atoms with E-state index in [9.17, 15) is 9.59 Å². The van der Waals surface area contributed by atoms with Crippen LogP contribution < -0.4 is 5.32 Å². The normalized spacial score (nSPS) is 20.6. The summed E-state index contributed by atoms with van der Waals surface area (Å²) in [5.74, 6) is -0.00791. The standard InChI is InChI=1S/C12H22N2O2/c1-4-5-6-14-8-10(7-11(14)15)12(16)13-9(2)3/h9-10H,4-8H2,1-3H3,(H,13,16). The molecular weight excluding hydrogens is 204 g/mol. The maximum absolute atomic E-state index is 11.7. The van der Waals surface area contributed by atoms with Gasteiger partial charge in [0.15, 0.2) is 0 Å². The largest absolute Gasteiger partial charge is 0.354 e. The molecule has 0 aromatic carbocycles. The topological polar surface area (TPSA) is 49.4 Å². The Labute approximate surface area is 97.4 Å². The van der Waals surface area contributed by atoms with Crippen LogP contribution >= 0.6 is 0 Å². The van der Waals surface area contributed by atoms with E-state index in [1.54, 1.807) is 0 Å². The Balaban J connectivity index is 2.43. The van der Waals surface area contributed by atoms with Crippen LogP contribution in [-0.4, -0.2) is 35.8 Å². The van der Waals surface area contributed by atoms with Crippen molar-refractivity contribution in [1.82, 2.24) is 10.2 Å². The van der Waals surface area contributed by atoms with Crippen molar-refractivity contribution in [3.8, 4) is 0 Å². The molecule has 0 saturated carbocycles. The molecule has 1 aliphatic heterocycles. The fourth-order valence-electron chi connectivity index (χ4n) is 1.92. The lowest BCUT2D eigenvalue weighted by Crippen LogP contribution is -2.37. The number of likely N-dealkylation sites (tertiary alicyclic amines) is 1. The molecule has 1 N–H and O–H groups in total. The third kappa shape index (κ3) is 3.51. The molecule has 1 aliphatic rings. The second kappa shape index (κ2) is 5.87. The van der Waals surface area contributed by atoms with Crippen LogP contribution in [0.4, 0.5) is 0 Å². The summed E-state index contributed by atoms with van der Waals surface area (Å²) in [5.41, 5.74) is 0. The number of rotatable bonds is 5. The van der Waals surface area contributed by atoms with E-state index >= 15 is 0 Å². The Morgan fingerprint density at radius 2 is 2.25 bits per heavy atom. The predicted octanol–water partition coefficient (Wildman–Crippen LogP) is 1.16. The van der Waals surface area contributed by atoms with Crippen molar-refractivity contribution in [3.05, 3.63) is 0 Å². The molecule has 92 valence electrons. The van der Waals surface area contributed by atoms with Gasteiger partial charge in [-0.05, 0) is 20.3 Å². The summed E-state index contributed by atoms with van der Waals surface area (Å²) in [6, 6.07) is 0.146. The number of nitrogens with zero attached hydrogens (tertiary/aromatic N) is 1. The van der Waals surface area contributed by atoms with Gasteiger partial charge in [0.2, 0.25) is 11.8 Å². The zero-order valence-corrected chi connectivity index (χ0v) is 10.5. The number of unbranched alkanes of at least 4 members (excludes halogenated alkanes) is 1. The molecule has 2 amide bonds. The van der Waals surface area contributed by atoms with E-state index in [-0.39, 0.29) is 23.8 Å². The summed E-state index contributed by atoms with van der Waals surface area (Å²) in [6.07, 6.45) is 2.47. The lowest BCUT2D eigenvalue weighted by molar-refractivity contribution is -0.129. The van der Waals surface area contributed by atoms with Gasteiger partial charge in [0, 0.05) is 25.6 Å². The van der Waals surface area contributed by atoms with Gasteiger partial charge in [-0.1, -0.05) is 13.3 Å². The molecule has 1 saturated heterocycles. The van der Waals surface area contributed by atoms with E-state index in [1.165, 1.54) is 0 Å². The highest BCUT2D eigenvalue weighted by Gasteiger charge is 2.33. The van der Waals surface area contributed by atoms with Gasteiger partial charge in [0.25, 0.3) is 0 Å². The van der Waals surface area contributed by atoms with Crippen LogP contribution in [0.25, 0.3) is 0 Å². The number of hydrogen-bond donors (Lipinski definition) is 1. The number of amides is 2. The molecule has 0 aliphatic carbocycles. The Hall–Kier alpha value is -1.06. The molecule has 1 rings (SSSR count). The molecule has 1 heterocycles. The quantitative estimate of drug-likeness (QED) is 0.764. The number of nitrogens with one attached hydrogen (secondary N) is 1. The summed E-state index contributed by atoms with van der Waals surface area (Å²) in [6.45, 7) is 7.36. The van der Waals surface area contributed by atoms with Crippen molar-refractivity contribution < 1.29 is 9.59 Å². The lowest BCUT2D eigenvalue weighted by Gasteiger charge is -2.16. The highest BCUT2D eigenvalue weighted by atomic mass is 16.2. The second-order valence-corrected chi connectivity index (χ2v) is 4.76. The second-order valence-electron chi connectivity index (χ2n) is 4.76. The van der Waals surface area contributed by atoms with E-state index in [0.717, 1.165) is 19.4 Å². The minimum absolute atomic E-state index is 0.0161. The first-order chi connectivity index (χ1) is 7.54. The van der Waals surface area contributed by atoms with Crippen molar-refractivity contribution in [2.24, 2.45) is 5.92 Å². The molecule has 0 aromatic heterocycles. The van der Waals surface area contributed by atoms with Crippen LogP contribution in [0.1, 0.15) is 40.0 Å². The predicted molar refractivity (Wildman–Crippen MR) is 62.9 cm³/mol. The van der Waals surface area contributed by atoms with E-state index in [0.29, 0.717) is 13.0 Å². The smallest absolute Gasteiger partial charge is 0.225 e. The molecule has 0 aromatic rings. The highest BCUT2D eigenvalue weighted by Crippen LogP contribution is 2.18. The van der Waals surface area contributed by atoms with Gasteiger partial charge in [-0.15, -0.1) is 0 Å². The van der Waals surface area contributed by atoms with Crippen molar-refractivity contribution in [2.45, 2.75) is 46.1 Å². The number of hydrogen-bond acceptors (Lipinski definition) is 2. The van der Waals surface area contributed by atoms with Gasteiger partial charge in [-0.3, -0.25) is 9.59 Å². The first-order valence-corrected chi connectivity index (χ1v) is 6.12. The summed E-state index contributed by atoms with van der Waals surface area (Å²) < 4.78 is 0. The minimum atomic E-state index is -0.147. The Morgan fingerprint density at radius 3 is 2.81 bits per heavy atom. The first-order valence-electron chi connectivity index (χ1n) is 6.12. The highest BCUT2D eigenvalue weighted by molar-refractivity contribution is 5.89. The average Bonchev–Trinajstić information content (AvgIpc) is 2.56. The van der Waals surface area contributed by atoms with E-state index in [2.05, 4.69) is 12.2 Å². The van der Waals surface area contributed by atoms with Crippen molar-refractivity contribution >= 4 is 11.8 Å². The zero-order valence-electron chi connectivity index (χ0n) is 10.5. The average molecular weight is 226 g/mol. The third-order valence-electron chi connectivity index (χ3n) is 2.80. The SMILES string of the molecule is CCCCN1CC(C(=O)NC(C)C)CC1=O. The van der Waals surface area contributed by atoms with Crippen molar-refractivity contribution in [3.63, 3.8) is 0 Å². The minimum Gasteiger partial charge on any atom is -0.354 e. The summed E-state index contributed by atoms with van der Waals surface area (Å²) >= 11 is 0. The van der Waals surface area contributed by atoms with Gasteiger partial charge < -0.3 is 10.2 Å². The molecule has 1 atom stereocenters. The van der Waals surface area contributed by atoms with Crippen LogP contribution in [-0.2, 0) is 9.59 Å². The molecule has 4 heteroatoms. The Bertz CT molecular complexity index is 264. The molecule has 16 heavy (non-hydrogen) atoms. The third-order valence-corrected chi connectivity index (χ3v) is 2.80. The molecule has 0 radical (unpaired) electrons. The number of carbonyl (C=O) groups excluding carboxylic acids is 2. The molecule has 1 fully saturated rings. The first kappa shape index (κ1) is 13.0. The van der Waals surface area contributed by atoms with Crippen LogP contribution in [0.3, 0.4) is 0 Å². The fraction of sp³-hybridized carbons (Fsp3) is 0.833.